The zero-order chi connectivity index (χ0) is 16.4. The fourth-order valence-electron chi connectivity index (χ4n) is 3.04. The van der Waals surface area contributed by atoms with Gasteiger partial charge in [0.2, 0.25) is 0 Å². The van der Waals surface area contributed by atoms with Crippen LogP contribution in [-0.4, -0.2) is 30.1 Å². The highest BCUT2D eigenvalue weighted by Crippen LogP contribution is 2.28. The van der Waals surface area contributed by atoms with Gasteiger partial charge >= 0.3 is 0 Å². The summed E-state index contributed by atoms with van der Waals surface area (Å²) in [4.78, 5) is 19.8. The Labute approximate surface area is 144 Å². The SMILES string of the molecule is O=C(c1cc2ccccc2s1)N(C[C@@H]1CCCO1)c1ccncc1. The zero-order valence-electron chi connectivity index (χ0n) is 13.2. The number of ether oxygens (including phenoxy) is 1. The third kappa shape index (κ3) is 3.05. The van der Waals surface area contributed by atoms with Crippen molar-refractivity contribution < 1.29 is 9.53 Å². The summed E-state index contributed by atoms with van der Waals surface area (Å²) < 4.78 is 6.88. The standard InChI is InChI=1S/C19H18N2O2S/c22-19(18-12-14-4-1-2-6-17(14)24-18)21(13-16-5-3-11-23-16)15-7-9-20-10-8-15/h1-2,4,6-10,12,16H,3,5,11,13H2/t16-/m0/s1. The summed E-state index contributed by atoms with van der Waals surface area (Å²) in [6, 6.07) is 13.8. The van der Waals surface area contributed by atoms with Crippen LogP contribution >= 0.6 is 11.3 Å². The number of hydrogen-bond donors (Lipinski definition) is 0. The van der Waals surface area contributed by atoms with E-state index in [-0.39, 0.29) is 12.0 Å². The summed E-state index contributed by atoms with van der Waals surface area (Å²) in [5, 5.41) is 1.11. The van der Waals surface area contributed by atoms with E-state index in [1.54, 1.807) is 12.4 Å². The molecule has 4 rings (SSSR count). The number of nitrogens with zero attached hydrogens (tertiary/aromatic N) is 2. The van der Waals surface area contributed by atoms with Gasteiger partial charge in [0.25, 0.3) is 5.91 Å². The number of rotatable bonds is 4. The summed E-state index contributed by atoms with van der Waals surface area (Å²) in [6.07, 6.45) is 5.61. The Morgan fingerprint density at radius 1 is 1.25 bits per heavy atom. The van der Waals surface area contributed by atoms with Gasteiger partial charge in [0.1, 0.15) is 0 Å². The second-order valence-electron chi connectivity index (χ2n) is 5.90. The monoisotopic (exact) mass is 338 g/mol. The molecule has 1 saturated heterocycles. The molecule has 1 amide bonds. The van der Waals surface area contributed by atoms with E-state index >= 15 is 0 Å². The number of benzene rings is 1. The largest absolute Gasteiger partial charge is 0.376 e. The van der Waals surface area contributed by atoms with E-state index < -0.39 is 0 Å². The van der Waals surface area contributed by atoms with Gasteiger partial charge in [0.15, 0.2) is 0 Å². The van der Waals surface area contributed by atoms with Crippen molar-refractivity contribution in [1.29, 1.82) is 0 Å². The molecule has 122 valence electrons. The second-order valence-corrected chi connectivity index (χ2v) is 6.99. The molecular formula is C19H18N2O2S. The van der Waals surface area contributed by atoms with E-state index in [1.165, 1.54) is 11.3 Å². The quantitative estimate of drug-likeness (QED) is 0.718. The third-order valence-electron chi connectivity index (χ3n) is 4.27. The summed E-state index contributed by atoms with van der Waals surface area (Å²) in [6.45, 7) is 1.36. The molecule has 24 heavy (non-hydrogen) atoms. The highest BCUT2D eigenvalue weighted by Gasteiger charge is 2.25. The molecule has 0 unspecified atom stereocenters. The number of carbonyl (C=O) groups excluding carboxylic acids is 1. The van der Waals surface area contributed by atoms with Crippen molar-refractivity contribution >= 4 is 33.0 Å². The minimum absolute atomic E-state index is 0.0258. The Kier molecular flexibility index (Phi) is 4.28. The van der Waals surface area contributed by atoms with Crippen molar-refractivity contribution in [3.8, 4) is 0 Å². The molecule has 0 N–H and O–H groups in total. The van der Waals surface area contributed by atoms with Crippen LogP contribution in [0.15, 0.2) is 54.9 Å². The molecule has 1 fully saturated rings. The lowest BCUT2D eigenvalue weighted by Crippen LogP contribution is -2.37. The molecule has 1 aromatic carbocycles. The molecule has 1 aliphatic rings. The van der Waals surface area contributed by atoms with Gasteiger partial charge in [-0.15, -0.1) is 11.3 Å². The first-order chi connectivity index (χ1) is 11.8. The molecule has 5 heteroatoms. The molecule has 0 spiro atoms. The van der Waals surface area contributed by atoms with Crippen molar-refractivity contribution in [2.45, 2.75) is 18.9 Å². The van der Waals surface area contributed by atoms with Crippen molar-refractivity contribution in [2.75, 3.05) is 18.1 Å². The molecule has 0 aliphatic carbocycles. The smallest absolute Gasteiger partial charge is 0.268 e. The van der Waals surface area contributed by atoms with Gasteiger partial charge in [-0.25, -0.2) is 0 Å². The number of fused-ring (bicyclic) bond motifs is 1. The Morgan fingerprint density at radius 2 is 2.08 bits per heavy atom. The number of hydrogen-bond acceptors (Lipinski definition) is 4. The first kappa shape index (κ1) is 15.3. The second kappa shape index (κ2) is 6.71. The predicted octanol–water partition coefficient (Wildman–Crippen LogP) is 4.12. The lowest BCUT2D eigenvalue weighted by atomic mass is 10.2. The Morgan fingerprint density at radius 3 is 2.83 bits per heavy atom. The number of anilines is 1. The highest BCUT2D eigenvalue weighted by atomic mass is 32.1. The molecule has 0 bridgehead atoms. The molecule has 3 aromatic rings. The predicted molar refractivity (Wildman–Crippen MR) is 96.7 cm³/mol. The summed E-state index contributed by atoms with van der Waals surface area (Å²) in [5.74, 6) is 0.0258. The normalized spacial score (nSPS) is 17.2. The summed E-state index contributed by atoms with van der Waals surface area (Å²) >= 11 is 1.54. The first-order valence-electron chi connectivity index (χ1n) is 8.13. The van der Waals surface area contributed by atoms with Crippen LogP contribution in [0.3, 0.4) is 0 Å². The van der Waals surface area contributed by atoms with Crippen LogP contribution in [0.5, 0.6) is 0 Å². The van der Waals surface area contributed by atoms with Gasteiger partial charge in [0, 0.05) is 29.4 Å². The number of thiophene rings is 1. The van der Waals surface area contributed by atoms with Crippen LogP contribution in [0.1, 0.15) is 22.5 Å². The molecule has 3 heterocycles. The van der Waals surface area contributed by atoms with E-state index in [9.17, 15) is 4.79 Å². The topological polar surface area (TPSA) is 42.4 Å². The van der Waals surface area contributed by atoms with E-state index in [4.69, 9.17) is 4.74 Å². The Hall–Kier alpha value is -2.24. The van der Waals surface area contributed by atoms with Crippen LogP contribution in [0.2, 0.25) is 0 Å². The van der Waals surface area contributed by atoms with Gasteiger partial charge in [-0.2, -0.15) is 0 Å². The van der Waals surface area contributed by atoms with Crippen molar-refractivity contribution in [1.82, 2.24) is 4.98 Å². The molecule has 4 nitrogen and oxygen atoms in total. The van der Waals surface area contributed by atoms with Crippen LogP contribution in [0.25, 0.3) is 10.1 Å². The maximum atomic E-state index is 13.2. The zero-order valence-corrected chi connectivity index (χ0v) is 14.0. The number of aromatic nitrogens is 1. The van der Waals surface area contributed by atoms with Crippen LogP contribution in [0, 0.1) is 0 Å². The average Bonchev–Trinajstić information content (AvgIpc) is 3.29. The van der Waals surface area contributed by atoms with Crippen LogP contribution in [-0.2, 0) is 4.74 Å². The fraction of sp³-hybridized carbons (Fsp3) is 0.263. The first-order valence-corrected chi connectivity index (χ1v) is 8.95. The lowest BCUT2D eigenvalue weighted by Gasteiger charge is -2.25. The summed E-state index contributed by atoms with van der Waals surface area (Å²) in [5.41, 5.74) is 0.864. The van der Waals surface area contributed by atoms with Crippen molar-refractivity contribution in [2.24, 2.45) is 0 Å². The van der Waals surface area contributed by atoms with Gasteiger partial charge in [-0.3, -0.25) is 9.78 Å². The van der Waals surface area contributed by atoms with E-state index in [1.807, 2.05) is 47.4 Å². The maximum absolute atomic E-state index is 13.2. The number of pyridine rings is 1. The molecular weight excluding hydrogens is 320 g/mol. The highest BCUT2D eigenvalue weighted by molar-refractivity contribution is 7.20. The molecule has 2 aromatic heterocycles. The summed E-state index contributed by atoms with van der Waals surface area (Å²) in [7, 11) is 0. The Bertz CT molecular complexity index is 808. The van der Waals surface area contributed by atoms with Crippen molar-refractivity contribution in [3.63, 3.8) is 0 Å². The van der Waals surface area contributed by atoms with Gasteiger partial charge < -0.3 is 9.64 Å². The molecule has 0 saturated carbocycles. The van der Waals surface area contributed by atoms with Crippen LogP contribution in [0.4, 0.5) is 5.69 Å². The van der Waals surface area contributed by atoms with Gasteiger partial charge in [0.05, 0.1) is 17.5 Å². The third-order valence-corrected chi connectivity index (χ3v) is 5.37. The molecule has 0 radical (unpaired) electrons. The lowest BCUT2D eigenvalue weighted by molar-refractivity contribution is 0.0921. The minimum atomic E-state index is 0.0258. The van der Waals surface area contributed by atoms with Gasteiger partial charge in [-0.1, -0.05) is 18.2 Å². The number of amides is 1. The maximum Gasteiger partial charge on any atom is 0.268 e. The minimum Gasteiger partial charge on any atom is -0.376 e. The molecule has 1 aliphatic heterocycles. The van der Waals surface area contributed by atoms with Crippen LogP contribution < -0.4 is 4.90 Å². The Balaban J connectivity index is 1.67. The number of carbonyl (C=O) groups is 1. The van der Waals surface area contributed by atoms with E-state index in [0.29, 0.717) is 6.54 Å². The van der Waals surface area contributed by atoms with E-state index in [2.05, 4.69) is 4.98 Å². The molecule has 1 atom stereocenters. The van der Waals surface area contributed by atoms with E-state index in [0.717, 1.165) is 40.1 Å². The fourth-order valence-corrected chi connectivity index (χ4v) is 4.05. The van der Waals surface area contributed by atoms with Gasteiger partial charge in [-0.05, 0) is 42.5 Å². The van der Waals surface area contributed by atoms with Crippen molar-refractivity contribution in [3.05, 3.63) is 59.7 Å². The average molecular weight is 338 g/mol.